The Balaban J connectivity index is 1.83. The average Bonchev–Trinajstić information content (AvgIpc) is 3.31. The Hall–Kier alpha value is -4.21. The molecule has 3 heteroatoms. The highest BCUT2D eigenvalue weighted by Gasteiger charge is 2.46. The molecule has 0 N–H and O–H groups in total. The van der Waals surface area contributed by atoms with Gasteiger partial charge in [-0.05, 0) is 39.8 Å². The fourth-order valence-corrected chi connectivity index (χ4v) is 9.79. The summed E-state index contributed by atoms with van der Waals surface area (Å²) in [5, 5.41) is 3.96. The lowest BCUT2D eigenvalue weighted by Crippen LogP contribution is -2.76. The van der Waals surface area contributed by atoms with E-state index in [9.17, 15) is 0 Å². The minimum Gasteiger partial charge on any atom is -0.299 e. The van der Waals surface area contributed by atoms with Crippen LogP contribution >= 0.6 is 0 Å². The molecule has 0 saturated heterocycles. The maximum Gasteiger partial charge on any atom is 0.224 e. The van der Waals surface area contributed by atoms with Crippen molar-refractivity contribution in [2.45, 2.75) is 0 Å². The van der Waals surface area contributed by atoms with Crippen LogP contribution in [0.3, 0.4) is 0 Å². The first-order chi connectivity index (χ1) is 16.9. The molecule has 162 valence electrons. The van der Waals surface area contributed by atoms with Gasteiger partial charge in [0.1, 0.15) is 5.45 Å². The second-order valence-corrected chi connectivity index (χ2v) is 12.1. The van der Waals surface area contributed by atoms with Gasteiger partial charge in [-0.3, -0.25) is 4.57 Å². The van der Waals surface area contributed by atoms with Crippen LogP contribution in [0.1, 0.15) is 0 Å². The molecule has 5 aromatic carbocycles. The smallest absolute Gasteiger partial charge is 0.224 e. The Labute approximate surface area is 200 Å². The number of aromatic nitrogens is 2. The van der Waals surface area contributed by atoms with Crippen LogP contribution in [0.2, 0.25) is 0 Å². The number of hydrogen-bond donors (Lipinski definition) is 0. The zero-order valence-corrected chi connectivity index (χ0v) is 19.8. The quantitative estimate of drug-likeness (QED) is 0.280. The van der Waals surface area contributed by atoms with E-state index in [0.717, 1.165) is 22.2 Å². The summed E-state index contributed by atoms with van der Waals surface area (Å²) >= 11 is 0. The highest BCUT2D eigenvalue weighted by molar-refractivity contribution is 7.19. The molecule has 6 aromatic rings. The normalized spacial score (nSPS) is 11.5. The third kappa shape index (κ3) is 3.21. The van der Waals surface area contributed by atoms with E-state index in [4.69, 9.17) is 4.98 Å². The van der Waals surface area contributed by atoms with Crippen LogP contribution in [-0.4, -0.2) is 17.6 Å². The van der Waals surface area contributed by atoms with Crippen molar-refractivity contribution < 1.29 is 0 Å². The van der Waals surface area contributed by atoms with E-state index < -0.39 is 8.07 Å². The largest absolute Gasteiger partial charge is 0.299 e. The molecule has 0 bridgehead atoms. The molecule has 1 aromatic heterocycles. The summed E-state index contributed by atoms with van der Waals surface area (Å²) in [7, 11) is -2.76. The van der Waals surface area contributed by atoms with Gasteiger partial charge in [0, 0.05) is 5.69 Å². The van der Waals surface area contributed by atoms with E-state index in [1.807, 2.05) is 0 Å². The summed E-state index contributed by atoms with van der Waals surface area (Å²) in [6.07, 6.45) is 0. The van der Waals surface area contributed by atoms with Crippen molar-refractivity contribution in [2.75, 3.05) is 0 Å². The van der Waals surface area contributed by atoms with Gasteiger partial charge in [0.25, 0.3) is 0 Å². The SMILES string of the molecule is c1ccc(-n2c([Si](c3ccccc3)(c3ccccc3)c3ccccc3)nc3ccccc32)cc1. The number of benzene rings is 5. The van der Waals surface area contributed by atoms with Gasteiger partial charge in [-0.2, -0.15) is 0 Å². The number of hydrogen-bond acceptors (Lipinski definition) is 1. The van der Waals surface area contributed by atoms with E-state index in [1.54, 1.807) is 0 Å². The van der Waals surface area contributed by atoms with Crippen molar-refractivity contribution in [1.29, 1.82) is 0 Å². The lowest BCUT2D eigenvalue weighted by Gasteiger charge is -2.33. The van der Waals surface area contributed by atoms with Gasteiger partial charge in [-0.1, -0.05) is 121 Å². The standard InChI is InChI=1S/C31H24N2Si/c1-5-15-25(16-6-1)33-30-24-14-13-23-29(30)32-31(33)34(26-17-7-2-8-18-26,27-19-9-3-10-20-27)28-21-11-4-12-22-28/h1-24H. The van der Waals surface area contributed by atoms with Crippen LogP contribution in [0.25, 0.3) is 16.7 Å². The first kappa shape index (κ1) is 20.4. The third-order valence-electron chi connectivity index (χ3n) is 6.53. The van der Waals surface area contributed by atoms with Crippen molar-refractivity contribution in [3.05, 3.63) is 146 Å². The van der Waals surface area contributed by atoms with Gasteiger partial charge in [0.15, 0.2) is 0 Å². The fraction of sp³-hybridized carbons (Fsp3) is 0. The minimum absolute atomic E-state index is 1.01. The van der Waals surface area contributed by atoms with Crippen molar-refractivity contribution in [3.8, 4) is 5.69 Å². The molecular weight excluding hydrogens is 428 g/mol. The van der Waals surface area contributed by atoms with Crippen LogP contribution < -0.4 is 21.0 Å². The van der Waals surface area contributed by atoms with Crippen molar-refractivity contribution >= 4 is 40.1 Å². The van der Waals surface area contributed by atoms with Crippen molar-refractivity contribution in [3.63, 3.8) is 0 Å². The third-order valence-corrected chi connectivity index (χ3v) is 11.1. The molecule has 6 rings (SSSR count). The predicted octanol–water partition coefficient (Wildman–Crippen LogP) is 4.40. The summed E-state index contributed by atoms with van der Waals surface area (Å²) in [6, 6.07) is 52.0. The number of para-hydroxylation sites is 3. The van der Waals surface area contributed by atoms with E-state index in [-0.39, 0.29) is 0 Å². The molecule has 0 saturated carbocycles. The summed E-state index contributed by atoms with van der Waals surface area (Å²) in [4.78, 5) is 5.42. The van der Waals surface area contributed by atoms with E-state index in [0.29, 0.717) is 0 Å². The fourth-order valence-electron chi connectivity index (χ4n) is 5.07. The molecular formula is C31H24N2Si. The summed E-state index contributed by atoms with van der Waals surface area (Å²) < 4.78 is 2.38. The highest BCUT2D eigenvalue weighted by atomic mass is 28.3. The molecule has 0 aliphatic heterocycles. The Morgan fingerprint density at radius 1 is 0.441 bits per heavy atom. The summed E-state index contributed by atoms with van der Waals surface area (Å²) in [6.45, 7) is 0. The van der Waals surface area contributed by atoms with Crippen LogP contribution in [0, 0.1) is 0 Å². The Kier molecular flexibility index (Phi) is 5.17. The summed E-state index contributed by atoms with van der Waals surface area (Å²) in [5.41, 5.74) is 4.39. The Morgan fingerprint density at radius 2 is 0.853 bits per heavy atom. The van der Waals surface area contributed by atoms with Gasteiger partial charge in [-0.25, -0.2) is 4.98 Å². The maximum atomic E-state index is 5.42. The molecule has 0 radical (unpaired) electrons. The predicted molar refractivity (Wildman–Crippen MR) is 145 cm³/mol. The first-order valence-corrected chi connectivity index (χ1v) is 13.6. The first-order valence-electron chi connectivity index (χ1n) is 11.6. The van der Waals surface area contributed by atoms with Crippen LogP contribution in [0.5, 0.6) is 0 Å². The molecule has 0 amide bonds. The highest BCUT2D eigenvalue weighted by Crippen LogP contribution is 2.20. The van der Waals surface area contributed by atoms with Crippen LogP contribution in [0.4, 0.5) is 0 Å². The topological polar surface area (TPSA) is 17.8 Å². The Morgan fingerprint density at radius 3 is 1.35 bits per heavy atom. The van der Waals surface area contributed by atoms with Gasteiger partial charge in [0.2, 0.25) is 8.07 Å². The second-order valence-electron chi connectivity index (χ2n) is 8.44. The molecule has 0 aliphatic carbocycles. The van der Waals surface area contributed by atoms with E-state index in [1.165, 1.54) is 15.6 Å². The molecule has 34 heavy (non-hydrogen) atoms. The molecule has 0 unspecified atom stereocenters. The molecule has 1 heterocycles. The number of fused-ring (bicyclic) bond motifs is 1. The maximum absolute atomic E-state index is 5.42. The number of rotatable bonds is 5. The zero-order chi connectivity index (χ0) is 22.8. The van der Waals surface area contributed by atoms with E-state index in [2.05, 4.69) is 150 Å². The lowest BCUT2D eigenvalue weighted by atomic mass is 10.3. The van der Waals surface area contributed by atoms with Crippen LogP contribution in [0.15, 0.2) is 146 Å². The van der Waals surface area contributed by atoms with Gasteiger partial charge in [0.05, 0.1) is 11.0 Å². The minimum atomic E-state index is -2.76. The molecule has 0 aliphatic rings. The Bertz CT molecular complexity index is 1430. The molecule has 0 fully saturated rings. The summed E-state index contributed by atoms with van der Waals surface area (Å²) in [5.74, 6) is 0. The van der Waals surface area contributed by atoms with E-state index >= 15 is 0 Å². The molecule has 0 spiro atoms. The van der Waals surface area contributed by atoms with Crippen molar-refractivity contribution in [1.82, 2.24) is 9.55 Å². The lowest BCUT2D eigenvalue weighted by molar-refractivity contribution is 1.14. The molecule has 2 nitrogen and oxygen atoms in total. The zero-order valence-electron chi connectivity index (χ0n) is 18.8. The average molecular weight is 453 g/mol. The monoisotopic (exact) mass is 452 g/mol. The van der Waals surface area contributed by atoms with Gasteiger partial charge in [-0.15, -0.1) is 0 Å². The number of nitrogens with zero attached hydrogens (tertiary/aromatic N) is 2. The van der Waals surface area contributed by atoms with Gasteiger partial charge >= 0.3 is 0 Å². The number of imidazole rings is 1. The van der Waals surface area contributed by atoms with Gasteiger partial charge < -0.3 is 0 Å². The van der Waals surface area contributed by atoms with Crippen molar-refractivity contribution in [2.24, 2.45) is 0 Å². The van der Waals surface area contributed by atoms with Crippen LogP contribution in [-0.2, 0) is 0 Å². The second kappa shape index (κ2) is 8.62. The molecule has 0 atom stereocenters.